The molecule has 0 saturated carbocycles. The molecule has 0 spiro atoms. The van der Waals surface area contributed by atoms with Crippen LogP contribution in [0.4, 0.5) is 5.69 Å². The van der Waals surface area contributed by atoms with Gasteiger partial charge in [0.2, 0.25) is 5.91 Å². The molecule has 0 radical (unpaired) electrons. The van der Waals surface area contributed by atoms with Crippen molar-refractivity contribution < 1.29 is 4.79 Å². The molecule has 2 heterocycles. The van der Waals surface area contributed by atoms with Crippen molar-refractivity contribution in [3.63, 3.8) is 0 Å². The standard InChI is InChI=1S/C15H20N4O/c20-15(11-19-8-1-5-16-7-9-19)18-13-2-3-14-12(10-13)4-6-17-14/h2-4,6,10,16-17H,1,5,7-9,11H2,(H,18,20). The van der Waals surface area contributed by atoms with Crippen molar-refractivity contribution in [2.45, 2.75) is 6.42 Å². The van der Waals surface area contributed by atoms with Crippen LogP contribution in [0.25, 0.3) is 10.9 Å². The van der Waals surface area contributed by atoms with Gasteiger partial charge >= 0.3 is 0 Å². The van der Waals surface area contributed by atoms with Gasteiger partial charge in [-0.3, -0.25) is 9.69 Å². The largest absolute Gasteiger partial charge is 0.361 e. The maximum Gasteiger partial charge on any atom is 0.238 e. The third-order valence-corrected chi connectivity index (χ3v) is 3.64. The van der Waals surface area contributed by atoms with Crippen LogP contribution in [0.1, 0.15) is 6.42 Å². The Balaban J connectivity index is 1.59. The third kappa shape index (κ3) is 3.18. The van der Waals surface area contributed by atoms with E-state index >= 15 is 0 Å². The molecule has 3 N–H and O–H groups in total. The van der Waals surface area contributed by atoms with Gasteiger partial charge in [-0.05, 0) is 43.8 Å². The molecular weight excluding hydrogens is 252 g/mol. The highest BCUT2D eigenvalue weighted by Crippen LogP contribution is 2.17. The number of nitrogens with one attached hydrogen (secondary N) is 3. The lowest BCUT2D eigenvalue weighted by Gasteiger charge is -2.18. The van der Waals surface area contributed by atoms with E-state index in [-0.39, 0.29) is 5.91 Å². The summed E-state index contributed by atoms with van der Waals surface area (Å²) in [4.78, 5) is 17.4. The lowest BCUT2D eigenvalue weighted by molar-refractivity contribution is -0.117. The van der Waals surface area contributed by atoms with Crippen LogP contribution in [-0.2, 0) is 4.79 Å². The van der Waals surface area contributed by atoms with Gasteiger partial charge in [0.25, 0.3) is 0 Å². The quantitative estimate of drug-likeness (QED) is 0.791. The first-order chi connectivity index (χ1) is 9.81. The number of rotatable bonds is 3. The van der Waals surface area contributed by atoms with E-state index in [9.17, 15) is 4.79 Å². The summed E-state index contributed by atoms with van der Waals surface area (Å²) in [5.41, 5.74) is 1.94. The van der Waals surface area contributed by atoms with E-state index in [0.717, 1.165) is 49.2 Å². The van der Waals surface area contributed by atoms with Gasteiger partial charge in [0.05, 0.1) is 6.54 Å². The second-order valence-corrected chi connectivity index (χ2v) is 5.21. The van der Waals surface area contributed by atoms with Gasteiger partial charge in [-0.15, -0.1) is 0 Å². The van der Waals surface area contributed by atoms with E-state index in [2.05, 4.69) is 20.5 Å². The van der Waals surface area contributed by atoms with Crippen LogP contribution in [0.15, 0.2) is 30.5 Å². The Morgan fingerprint density at radius 2 is 2.20 bits per heavy atom. The van der Waals surface area contributed by atoms with Crippen molar-refractivity contribution in [3.05, 3.63) is 30.5 Å². The third-order valence-electron chi connectivity index (χ3n) is 3.64. The number of carbonyl (C=O) groups is 1. The molecule has 1 fully saturated rings. The normalized spacial score (nSPS) is 17.0. The van der Waals surface area contributed by atoms with Crippen LogP contribution < -0.4 is 10.6 Å². The first kappa shape index (κ1) is 13.1. The van der Waals surface area contributed by atoms with Gasteiger partial charge in [-0.1, -0.05) is 0 Å². The molecule has 106 valence electrons. The molecule has 1 aliphatic heterocycles. The Morgan fingerprint density at radius 1 is 1.25 bits per heavy atom. The van der Waals surface area contributed by atoms with Gasteiger partial charge in [-0.2, -0.15) is 0 Å². The predicted octanol–water partition coefficient (Wildman–Crippen LogP) is 1.40. The molecule has 0 atom stereocenters. The van der Waals surface area contributed by atoms with Gasteiger partial charge < -0.3 is 15.6 Å². The number of benzene rings is 1. The zero-order valence-electron chi connectivity index (χ0n) is 11.5. The zero-order chi connectivity index (χ0) is 13.8. The molecule has 1 aromatic carbocycles. The molecule has 0 bridgehead atoms. The summed E-state index contributed by atoms with van der Waals surface area (Å²) in [6.45, 7) is 4.39. The molecule has 5 nitrogen and oxygen atoms in total. The second kappa shape index (κ2) is 6.07. The fourth-order valence-electron chi connectivity index (χ4n) is 2.59. The van der Waals surface area contributed by atoms with Crippen molar-refractivity contribution in [2.24, 2.45) is 0 Å². The minimum atomic E-state index is 0.0572. The fourth-order valence-corrected chi connectivity index (χ4v) is 2.59. The van der Waals surface area contributed by atoms with Gasteiger partial charge in [0.15, 0.2) is 0 Å². The summed E-state index contributed by atoms with van der Waals surface area (Å²) in [7, 11) is 0. The molecule has 5 heteroatoms. The molecule has 0 aliphatic carbocycles. The Kier molecular flexibility index (Phi) is 3.99. The molecule has 20 heavy (non-hydrogen) atoms. The van der Waals surface area contributed by atoms with Crippen molar-refractivity contribution in [1.82, 2.24) is 15.2 Å². The number of hydrogen-bond acceptors (Lipinski definition) is 3. The van der Waals surface area contributed by atoms with E-state index in [1.165, 1.54) is 0 Å². The van der Waals surface area contributed by atoms with Crippen LogP contribution in [-0.4, -0.2) is 48.5 Å². The van der Waals surface area contributed by atoms with E-state index < -0.39 is 0 Å². The van der Waals surface area contributed by atoms with Crippen LogP contribution in [0.2, 0.25) is 0 Å². The number of fused-ring (bicyclic) bond motifs is 1. The van der Waals surface area contributed by atoms with Crippen molar-refractivity contribution in [2.75, 3.05) is 38.0 Å². The van der Waals surface area contributed by atoms with Gasteiger partial charge in [0.1, 0.15) is 0 Å². The number of aromatic nitrogens is 1. The number of amides is 1. The first-order valence-corrected chi connectivity index (χ1v) is 7.11. The van der Waals surface area contributed by atoms with Crippen molar-refractivity contribution in [1.29, 1.82) is 0 Å². The molecule has 1 saturated heterocycles. The zero-order valence-corrected chi connectivity index (χ0v) is 11.5. The summed E-state index contributed by atoms with van der Waals surface area (Å²) >= 11 is 0. The molecular formula is C15H20N4O. The number of anilines is 1. The smallest absolute Gasteiger partial charge is 0.238 e. The highest BCUT2D eigenvalue weighted by atomic mass is 16.2. The molecule has 0 unspecified atom stereocenters. The van der Waals surface area contributed by atoms with Crippen LogP contribution in [0.3, 0.4) is 0 Å². The summed E-state index contributed by atoms with van der Waals surface area (Å²) in [6, 6.07) is 7.92. The predicted molar refractivity (Wildman–Crippen MR) is 80.9 cm³/mol. The van der Waals surface area contributed by atoms with Crippen molar-refractivity contribution in [3.8, 4) is 0 Å². The Bertz CT molecular complexity index is 584. The minimum Gasteiger partial charge on any atom is -0.361 e. The summed E-state index contributed by atoms with van der Waals surface area (Å²) < 4.78 is 0. The minimum absolute atomic E-state index is 0.0572. The Hall–Kier alpha value is -1.85. The number of aromatic amines is 1. The van der Waals surface area contributed by atoms with Crippen LogP contribution in [0, 0.1) is 0 Å². The molecule has 1 aliphatic rings. The summed E-state index contributed by atoms with van der Waals surface area (Å²) in [5, 5.41) is 7.43. The molecule has 1 aromatic heterocycles. The van der Waals surface area contributed by atoms with E-state index in [4.69, 9.17) is 0 Å². The summed E-state index contributed by atoms with van der Waals surface area (Å²) in [5.74, 6) is 0.0572. The average Bonchev–Trinajstić information content (AvgIpc) is 2.75. The van der Waals surface area contributed by atoms with E-state index in [1.54, 1.807) is 0 Å². The second-order valence-electron chi connectivity index (χ2n) is 5.21. The average molecular weight is 272 g/mol. The molecule has 3 rings (SSSR count). The Labute approximate surface area is 118 Å². The number of H-pyrrole nitrogens is 1. The number of hydrogen-bond donors (Lipinski definition) is 3. The highest BCUT2D eigenvalue weighted by molar-refractivity contribution is 5.94. The summed E-state index contributed by atoms with van der Waals surface area (Å²) in [6.07, 6.45) is 3.00. The Morgan fingerprint density at radius 3 is 3.15 bits per heavy atom. The fraction of sp³-hybridized carbons (Fsp3) is 0.400. The SMILES string of the molecule is O=C(CN1CCCNCC1)Nc1ccc2[nH]ccc2c1. The molecule has 1 amide bonds. The lowest BCUT2D eigenvalue weighted by Crippen LogP contribution is -2.35. The van der Waals surface area contributed by atoms with E-state index in [1.807, 2.05) is 30.5 Å². The molecule has 2 aromatic rings. The monoisotopic (exact) mass is 272 g/mol. The number of carbonyl (C=O) groups excluding carboxylic acids is 1. The highest BCUT2D eigenvalue weighted by Gasteiger charge is 2.12. The maximum absolute atomic E-state index is 12.1. The lowest BCUT2D eigenvalue weighted by atomic mass is 10.2. The topological polar surface area (TPSA) is 60.2 Å². The van der Waals surface area contributed by atoms with Crippen LogP contribution >= 0.6 is 0 Å². The number of nitrogens with zero attached hydrogens (tertiary/aromatic N) is 1. The van der Waals surface area contributed by atoms with Gasteiger partial charge in [-0.25, -0.2) is 0 Å². The van der Waals surface area contributed by atoms with Crippen LogP contribution in [0.5, 0.6) is 0 Å². The van der Waals surface area contributed by atoms with Gasteiger partial charge in [0, 0.05) is 35.9 Å². The first-order valence-electron chi connectivity index (χ1n) is 7.11. The maximum atomic E-state index is 12.1. The van der Waals surface area contributed by atoms with Crippen molar-refractivity contribution >= 4 is 22.5 Å². The van der Waals surface area contributed by atoms with E-state index in [0.29, 0.717) is 6.54 Å².